The van der Waals surface area contributed by atoms with Gasteiger partial charge >= 0.3 is 0 Å². The summed E-state index contributed by atoms with van der Waals surface area (Å²) in [6.45, 7) is 3.79. The standard InChI is InChI=1S/C10H14N2O2/c1-7-4-3-5-12(10(7)14)6-8(2)9(11)13/h3-5,8H,6H2,1-2H3,(H2,11,13). The first-order valence-electron chi connectivity index (χ1n) is 4.47. The molecular weight excluding hydrogens is 180 g/mol. The number of aryl methyl sites for hydroxylation is 1. The Hall–Kier alpha value is -1.58. The molecule has 4 heteroatoms. The molecule has 1 heterocycles. The van der Waals surface area contributed by atoms with E-state index in [0.29, 0.717) is 12.1 Å². The van der Waals surface area contributed by atoms with Gasteiger partial charge in [-0.25, -0.2) is 0 Å². The second-order valence-electron chi connectivity index (χ2n) is 3.45. The van der Waals surface area contributed by atoms with E-state index in [0.717, 1.165) is 0 Å². The molecule has 0 aromatic carbocycles. The largest absolute Gasteiger partial charge is 0.369 e. The van der Waals surface area contributed by atoms with Gasteiger partial charge in [-0.2, -0.15) is 0 Å². The molecule has 0 fully saturated rings. The van der Waals surface area contributed by atoms with Crippen molar-refractivity contribution < 1.29 is 4.79 Å². The highest BCUT2D eigenvalue weighted by Crippen LogP contribution is 1.98. The topological polar surface area (TPSA) is 65.1 Å². The number of hydrogen-bond donors (Lipinski definition) is 1. The zero-order chi connectivity index (χ0) is 10.7. The number of primary amides is 1. The Morgan fingerprint density at radius 1 is 1.64 bits per heavy atom. The summed E-state index contributed by atoms with van der Waals surface area (Å²) in [6.07, 6.45) is 1.66. The van der Waals surface area contributed by atoms with Crippen LogP contribution in [-0.2, 0) is 11.3 Å². The molecular formula is C10H14N2O2. The van der Waals surface area contributed by atoms with Crippen molar-refractivity contribution in [2.45, 2.75) is 20.4 Å². The Morgan fingerprint density at radius 2 is 2.29 bits per heavy atom. The van der Waals surface area contributed by atoms with E-state index in [1.807, 2.05) is 0 Å². The average molecular weight is 194 g/mol. The van der Waals surface area contributed by atoms with Gasteiger partial charge in [0.05, 0.1) is 5.92 Å². The Morgan fingerprint density at radius 3 is 2.86 bits per heavy atom. The van der Waals surface area contributed by atoms with Crippen LogP contribution in [0.5, 0.6) is 0 Å². The molecule has 1 aromatic heterocycles. The number of hydrogen-bond acceptors (Lipinski definition) is 2. The average Bonchev–Trinajstić information content (AvgIpc) is 2.12. The van der Waals surface area contributed by atoms with Crippen molar-refractivity contribution in [3.63, 3.8) is 0 Å². The van der Waals surface area contributed by atoms with Crippen LogP contribution in [0.4, 0.5) is 0 Å². The fourth-order valence-corrected chi connectivity index (χ4v) is 1.19. The van der Waals surface area contributed by atoms with Gasteiger partial charge in [-0.05, 0) is 13.0 Å². The maximum absolute atomic E-state index is 11.5. The van der Waals surface area contributed by atoms with Crippen LogP contribution >= 0.6 is 0 Å². The summed E-state index contributed by atoms with van der Waals surface area (Å²) in [6, 6.07) is 3.53. The van der Waals surface area contributed by atoms with Crippen LogP contribution in [0.15, 0.2) is 23.1 Å². The van der Waals surface area contributed by atoms with E-state index in [9.17, 15) is 9.59 Å². The monoisotopic (exact) mass is 194 g/mol. The van der Waals surface area contributed by atoms with Gasteiger partial charge in [-0.3, -0.25) is 9.59 Å². The van der Waals surface area contributed by atoms with Crippen molar-refractivity contribution in [3.8, 4) is 0 Å². The van der Waals surface area contributed by atoms with Gasteiger partial charge in [0.25, 0.3) is 5.56 Å². The first-order valence-corrected chi connectivity index (χ1v) is 4.47. The molecule has 0 aliphatic carbocycles. The van der Waals surface area contributed by atoms with Crippen molar-refractivity contribution >= 4 is 5.91 Å². The van der Waals surface area contributed by atoms with E-state index >= 15 is 0 Å². The Kier molecular flexibility index (Phi) is 3.06. The molecule has 2 N–H and O–H groups in total. The van der Waals surface area contributed by atoms with Crippen LogP contribution in [0.25, 0.3) is 0 Å². The lowest BCUT2D eigenvalue weighted by molar-refractivity contribution is -0.121. The minimum absolute atomic E-state index is 0.0689. The van der Waals surface area contributed by atoms with Crippen LogP contribution in [0.2, 0.25) is 0 Å². The quantitative estimate of drug-likeness (QED) is 0.751. The highest BCUT2D eigenvalue weighted by molar-refractivity contribution is 5.76. The van der Waals surface area contributed by atoms with E-state index in [-0.39, 0.29) is 11.5 Å². The zero-order valence-corrected chi connectivity index (χ0v) is 8.36. The lowest BCUT2D eigenvalue weighted by Gasteiger charge is -2.10. The third-order valence-corrected chi connectivity index (χ3v) is 2.17. The Labute approximate surface area is 82.3 Å². The predicted octanol–water partition coefficient (Wildman–Crippen LogP) is 0.278. The van der Waals surface area contributed by atoms with E-state index in [1.54, 1.807) is 32.2 Å². The van der Waals surface area contributed by atoms with Gasteiger partial charge in [0.2, 0.25) is 5.91 Å². The maximum Gasteiger partial charge on any atom is 0.253 e. The molecule has 0 aliphatic rings. The summed E-state index contributed by atoms with van der Waals surface area (Å²) in [5.41, 5.74) is 5.72. The number of pyridine rings is 1. The minimum atomic E-state index is -0.390. The molecule has 1 amide bonds. The van der Waals surface area contributed by atoms with Crippen molar-refractivity contribution in [2.75, 3.05) is 0 Å². The molecule has 1 aromatic rings. The first-order chi connectivity index (χ1) is 6.52. The lowest BCUT2D eigenvalue weighted by atomic mass is 10.1. The van der Waals surface area contributed by atoms with E-state index in [2.05, 4.69) is 0 Å². The number of carbonyl (C=O) groups excluding carboxylic acids is 1. The van der Waals surface area contributed by atoms with Crippen LogP contribution in [-0.4, -0.2) is 10.5 Å². The van der Waals surface area contributed by atoms with Gasteiger partial charge < -0.3 is 10.3 Å². The molecule has 0 aliphatic heterocycles. The van der Waals surface area contributed by atoms with Crippen LogP contribution in [0.1, 0.15) is 12.5 Å². The molecule has 0 saturated heterocycles. The number of carbonyl (C=O) groups is 1. The summed E-state index contributed by atoms with van der Waals surface area (Å²) in [7, 11) is 0. The van der Waals surface area contributed by atoms with Crippen molar-refractivity contribution in [1.29, 1.82) is 0 Å². The fourth-order valence-electron chi connectivity index (χ4n) is 1.19. The third-order valence-electron chi connectivity index (χ3n) is 2.17. The number of rotatable bonds is 3. The molecule has 0 saturated carbocycles. The van der Waals surface area contributed by atoms with E-state index < -0.39 is 5.91 Å². The van der Waals surface area contributed by atoms with Gasteiger partial charge in [0.15, 0.2) is 0 Å². The second-order valence-corrected chi connectivity index (χ2v) is 3.45. The number of nitrogens with two attached hydrogens (primary N) is 1. The normalized spacial score (nSPS) is 12.4. The Bertz CT molecular complexity index is 395. The number of aromatic nitrogens is 1. The number of amides is 1. The molecule has 1 rings (SSSR count). The van der Waals surface area contributed by atoms with Gasteiger partial charge in [0.1, 0.15) is 0 Å². The molecule has 0 spiro atoms. The third kappa shape index (κ3) is 2.22. The summed E-state index contributed by atoms with van der Waals surface area (Å²) >= 11 is 0. The fraction of sp³-hybridized carbons (Fsp3) is 0.400. The first kappa shape index (κ1) is 10.5. The highest BCUT2D eigenvalue weighted by atomic mass is 16.1. The highest BCUT2D eigenvalue weighted by Gasteiger charge is 2.10. The summed E-state index contributed by atoms with van der Waals surface area (Å²) in [5, 5.41) is 0. The SMILES string of the molecule is Cc1cccn(CC(C)C(N)=O)c1=O. The van der Waals surface area contributed by atoms with Crippen LogP contribution in [0, 0.1) is 12.8 Å². The van der Waals surface area contributed by atoms with E-state index in [4.69, 9.17) is 5.73 Å². The van der Waals surface area contributed by atoms with Crippen molar-refractivity contribution in [2.24, 2.45) is 11.7 Å². The molecule has 0 radical (unpaired) electrons. The van der Waals surface area contributed by atoms with Crippen molar-refractivity contribution in [3.05, 3.63) is 34.2 Å². The second kappa shape index (κ2) is 4.09. The molecule has 1 atom stereocenters. The predicted molar refractivity (Wildman–Crippen MR) is 53.8 cm³/mol. The van der Waals surface area contributed by atoms with Crippen molar-refractivity contribution in [1.82, 2.24) is 4.57 Å². The molecule has 76 valence electrons. The Balaban J connectivity index is 2.93. The molecule has 14 heavy (non-hydrogen) atoms. The molecule has 1 unspecified atom stereocenters. The summed E-state index contributed by atoms with van der Waals surface area (Å²) < 4.78 is 1.50. The van der Waals surface area contributed by atoms with Crippen LogP contribution < -0.4 is 11.3 Å². The number of nitrogens with zero attached hydrogens (tertiary/aromatic N) is 1. The molecule has 4 nitrogen and oxygen atoms in total. The van der Waals surface area contributed by atoms with E-state index in [1.165, 1.54) is 4.57 Å². The zero-order valence-electron chi connectivity index (χ0n) is 8.36. The maximum atomic E-state index is 11.5. The van der Waals surface area contributed by atoms with Gasteiger partial charge in [0, 0.05) is 18.3 Å². The smallest absolute Gasteiger partial charge is 0.253 e. The summed E-state index contributed by atoms with van der Waals surface area (Å²) in [5.74, 6) is -0.715. The minimum Gasteiger partial charge on any atom is -0.369 e. The van der Waals surface area contributed by atoms with Gasteiger partial charge in [-0.1, -0.05) is 13.0 Å². The van der Waals surface area contributed by atoms with Crippen LogP contribution in [0.3, 0.4) is 0 Å². The van der Waals surface area contributed by atoms with Gasteiger partial charge in [-0.15, -0.1) is 0 Å². The summed E-state index contributed by atoms with van der Waals surface area (Å²) in [4.78, 5) is 22.3. The molecule has 0 bridgehead atoms. The lowest BCUT2D eigenvalue weighted by Crippen LogP contribution is -2.30.